The molecular weight excluding hydrogens is 238 g/mol. The SMILES string of the molecule is CC1CN(C(=O)Nc2nccnn2)CC1C(=O)O. The molecule has 0 spiro atoms. The third-order valence-corrected chi connectivity index (χ3v) is 2.92. The summed E-state index contributed by atoms with van der Waals surface area (Å²) in [5.74, 6) is -1.36. The molecule has 1 saturated heterocycles. The minimum atomic E-state index is -0.879. The number of rotatable bonds is 2. The van der Waals surface area contributed by atoms with Gasteiger partial charge in [0.25, 0.3) is 5.95 Å². The Bertz CT molecular complexity index is 452. The first-order valence-electron chi connectivity index (χ1n) is 5.50. The zero-order chi connectivity index (χ0) is 13.1. The van der Waals surface area contributed by atoms with Gasteiger partial charge in [-0.25, -0.2) is 9.78 Å². The van der Waals surface area contributed by atoms with Gasteiger partial charge in [0, 0.05) is 13.1 Å². The van der Waals surface area contributed by atoms with Crippen LogP contribution in [-0.4, -0.2) is 50.3 Å². The molecule has 0 bridgehead atoms. The number of urea groups is 1. The lowest BCUT2D eigenvalue weighted by atomic mass is 9.99. The lowest BCUT2D eigenvalue weighted by Gasteiger charge is -2.15. The van der Waals surface area contributed by atoms with E-state index in [1.165, 1.54) is 17.3 Å². The molecule has 96 valence electrons. The summed E-state index contributed by atoms with van der Waals surface area (Å²) >= 11 is 0. The van der Waals surface area contributed by atoms with E-state index in [0.717, 1.165) is 0 Å². The van der Waals surface area contributed by atoms with E-state index in [1.807, 2.05) is 6.92 Å². The van der Waals surface area contributed by atoms with Gasteiger partial charge in [-0.3, -0.25) is 10.1 Å². The zero-order valence-electron chi connectivity index (χ0n) is 9.78. The fourth-order valence-corrected chi connectivity index (χ4v) is 1.93. The number of carbonyl (C=O) groups excluding carboxylic acids is 1. The van der Waals surface area contributed by atoms with Gasteiger partial charge < -0.3 is 10.0 Å². The summed E-state index contributed by atoms with van der Waals surface area (Å²) in [6, 6.07) is -0.404. The van der Waals surface area contributed by atoms with Crippen LogP contribution in [0.5, 0.6) is 0 Å². The molecule has 2 heterocycles. The third kappa shape index (κ3) is 2.53. The van der Waals surface area contributed by atoms with E-state index in [2.05, 4.69) is 20.5 Å². The molecule has 18 heavy (non-hydrogen) atoms. The van der Waals surface area contributed by atoms with E-state index in [0.29, 0.717) is 6.54 Å². The van der Waals surface area contributed by atoms with Crippen LogP contribution in [0.2, 0.25) is 0 Å². The highest BCUT2D eigenvalue weighted by Crippen LogP contribution is 2.23. The number of hydrogen-bond donors (Lipinski definition) is 2. The average molecular weight is 251 g/mol. The molecule has 1 fully saturated rings. The van der Waals surface area contributed by atoms with Gasteiger partial charge in [0.2, 0.25) is 0 Å². The Labute approximate surface area is 103 Å². The first-order chi connectivity index (χ1) is 8.58. The van der Waals surface area contributed by atoms with Crippen molar-refractivity contribution in [2.75, 3.05) is 18.4 Å². The lowest BCUT2D eigenvalue weighted by Crippen LogP contribution is -2.34. The van der Waals surface area contributed by atoms with Crippen molar-refractivity contribution in [1.29, 1.82) is 0 Å². The highest BCUT2D eigenvalue weighted by atomic mass is 16.4. The van der Waals surface area contributed by atoms with Crippen LogP contribution in [0.25, 0.3) is 0 Å². The number of carboxylic acid groups (broad SMARTS) is 1. The molecule has 2 unspecified atom stereocenters. The Balaban J connectivity index is 1.97. The van der Waals surface area contributed by atoms with Gasteiger partial charge in [0.05, 0.1) is 18.3 Å². The summed E-state index contributed by atoms with van der Waals surface area (Å²) in [4.78, 5) is 28.0. The van der Waals surface area contributed by atoms with Crippen molar-refractivity contribution in [3.63, 3.8) is 0 Å². The predicted molar refractivity (Wildman–Crippen MR) is 60.7 cm³/mol. The molecule has 1 aromatic rings. The van der Waals surface area contributed by atoms with Crippen LogP contribution in [-0.2, 0) is 4.79 Å². The molecule has 2 atom stereocenters. The van der Waals surface area contributed by atoms with Crippen LogP contribution in [0.4, 0.5) is 10.7 Å². The second-order valence-corrected chi connectivity index (χ2v) is 4.22. The van der Waals surface area contributed by atoms with Gasteiger partial charge in [-0.05, 0) is 5.92 Å². The number of carboxylic acids is 1. The number of amides is 2. The number of hydrogen-bond acceptors (Lipinski definition) is 5. The Morgan fingerprint density at radius 1 is 1.44 bits per heavy atom. The highest BCUT2D eigenvalue weighted by molar-refractivity contribution is 5.88. The first kappa shape index (κ1) is 12.2. The number of anilines is 1. The molecule has 2 N–H and O–H groups in total. The quantitative estimate of drug-likeness (QED) is 0.769. The third-order valence-electron chi connectivity index (χ3n) is 2.92. The summed E-state index contributed by atoms with van der Waals surface area (Å²) in [5.41, 5.74) is 0. The van der Waals surface area contributed by atoms with Crippen molar-refractivity contribution in [3.05, 3.63) is 12.4 Å². The maximum Gasteiger partial charge on any atom is 0.324 e. The topological polar surface area (TPSA) is 108 Å². The largest absolute Gasteiger partial charge is 0.481 e. The number of carbonyl (C=O) groups is 2. The van der Waals surface area contributed by atoms with Crippen molar-refractivity contribution in [2.45, 2.75) is 6.92 Å². The van der Waals surface area contributed by atoms with Gasteiger partial charge in [-0.15, -0.1) is 5.10 Å². The van der Waals surface area contributed by atoms with E-state index in [9.17, 15) is 9.59 Å². The summed E-state index contributed by atoms with van der Waals surface area (Å²) in [6.07, 6.45) is 2.81. The number of nitrogens with zero attached hydrogens (tertiary/aromatic N) is 4. The van der Waals surface area contributed by atoms with Crippen LogP contribution < -0.4 is 5.32 Å². The van der Waals surface area contributed by atoms with Gasteiger partial charge >= 0.3 is 12.0 Å². The van der Waals surface area contributed by atoms with Crippen molar-refractivity contribution in [3.8, 4) is 0 Å². The Kier molecular flexibility index (Phi) is 3.35. The molecule has 0 aliphatic carbocycles. The minimum Gasteiger partial charge on any atom is -0.481 e. The van der Waals surface area contributed by atoms with E-state index in [-0.39, 0.29) is 18.4 Å². The minimum absolute atomic E-state index is 0.0666. The van der Waals surface area contributed by atoms with Crippen LogP contribution >= 0.6 is 0 Å². The summed E-state index contributed by atoms with van der Waals surface area (Å²) < 4.78 is 0. The van der Waals surface area contributed by atoms with Gasteiger partial charge in [-0.2, -0.15) is 5.10 Å². The van der Waals surface area contributed by atoms with Crippen LogP contribution in [0.3, 0.4) is 0 Å². The van der Waals surface area contributed by atoms with Crippen LogP contribution in [0.15, 0.2) is 12.4 Å². The fraction of sp³-hybridized carbons (Fsp3) is 0.500. The number of aliphatic carboxylic acids is 1. The number of nitrogens with one attached hydrogen (secondary N) is 1. The molecule has 0 radical (unpaired) electrons. The van der Waals surface area contributed by atoms with Crippen molar-refractivity contribution in [2.24, 2.45) is 11.8 Å². The number of likely N-dealkylation sites (tertiary alicyclic amines) is 1. The molecule has 8 nitrogen and oxygen atoms in total. The second-order valence-electron chi connectivity index (χ2n) is 4.22. The van der Waals surface area contributed by atoms with Crippen molar-refractivity contribution >= 4 is 17.9 Å². The molecule has 0 aromatic carbocycles. The molecular formula is C10H13N5O3. The first-order valence-corrected chi connectivity index (χ1v) is 5.50. The summed E-state index contributed by atoms with van der Waals surface area (Å²) in [6.45, 7) is 2.41. The molecule has 0 saturated carbocycles. The maximum absolute atomic E-state index is 11.8. The normalized spacial score (nSPS) is 22.8. The maximum atomic E-state index is 11.8. The van der Waals surface area contributed by atoms with Gasteiger partial charge in [-0.1, -0.05) is 6.92 Å². The Morgan fingerprint density at radius 3 is 2.78 bits per heavy atom. The van der Waals surface area contributed by atoms with Gasteiger partial charge in [0.15, 0.2) is 0 Å². The molecule has 1 aliphatic rings. The molecule has 2 rings (SSSR count). The standard InChI is InChI=1S/C10H13N5O3/c1-6-4-15(5-7(6)8(16)17)10(18)13-9-11-2-3-12-14-9/h2-3,6-7H,4-5H2,1H3,(H,16,17)(H,11,13,14,18). The van der Waals surface area contributed by atoms with E-state index in [1.54, 1.807) is 0 Å². The smallest absolute Gasteiger partial charge is 0.324 e. The number of aromatic nitrogens is 3. The molecule has 2 amide bonds. The Morgan fingerprint density at radius 2 is 2.22 bits per heavy atom. The van der Waals surface area contributed by atoms with Gasteiger partial charge in [0.1, 0.15) is 0 Å². The van der Waals surface area contributed by atoms with E-state index < -0.39 is 17.9 Å². The van der Waals surface area contributed by atoms with Crippen LogP contribution in [0.1, 0.15) is 6.92 Å². The highest BCUT2D eigenvalue weighted by Gasteiger charge is 2.37. The summed E-state index contributed by atoms with van der Waals surface area (Å²) in [5, 5.41) is 18.7. The zero-order valence-corrected chi connectivity index (χ0v) is 9.78. The fourth-order valence-electron chi connectivity index (χ4n) is 1.93. The molecule has 1 aromatic heterocycles. The Hall–Kier alpha value is -2.25. The second kappa shape index (κ2) is 4.94. The average Bonchev–Trinajstić information content (AvgIpc) is 2.73. The monoisotopic (exact) mass is 251 g/mol. The lowest BCUT2D eigenvalue weighted by molar-refractivity contribution is -0.142. The van der Waals surface area contributed by atoms with Crippen molar-refractivity contribution < 1.29 is 14.7 Å². The summed E-state index contributed by atoms with van der Waals surface area (Å²) in [7, 11) is 0. The molecule has 1 aliphatic heterocycles. The van der Waals surface area contributed by atoms with E-state index >= 15 is 0 Å². The molecule has 8 heteroatoms. The van der Waals surface area contributed by atoms with E-state index in [4.69, 9.17) is 5.11 Å². The predicted octanol–water partition coefficient (Wildman–Crippen LogP) is 0.0560. The van der Waals surface area contributed by atoms with Crippen molar-refractivity contribution in [1.82, 2.24) is 20.1 Å². The van der Waals surface area contributed by atoms with Crippen LogP contribution in [0, 0.1) is 11.8 Å².